The number of nitrogens with zero attached hydrogens (tertiary/aromatic N) is 2. The smallest absolute Gasteiger partial charge is 0.328 e. The second kappa shape index (κ2) is 6.49. The molecular weight excluding hydrogens is 432 g/mol. The van der Waals surface area contributed by atoms with Crippen molar-refractivity contribution < 1.29 is 34.2 Å². The Hall–Kier alpha value is -2.01. The van der Waals surface area contributed by atoms with Crippen LogP contribution in [0.3, 0.4) is 0 Å². The van der Waals surface area contributed by atoms with Gasteiger partial charge in [-0.3, -0.25) is 14.4 Å². The summed E-state index contributed by atoms with van der Waals surface area (Å²) in [7, 11) is 0. The normalized spacial score (nSPS) is 39.2. The minimum atomic E-state index is -1.16. The van der Waals surface area contributed by atoms with E-state index in [1.54, 1.807) is 20.8 Å². The van der Waals surface area contributed by atoms with Crippen molar-refractivity contribution in [2.24, 2.45) is 5.92 Å². The Kier molecular flexibility index (Phi) is 4.59. The molecule has 0 bridgehead atoms. The minimum Gasteiger partial charge on any atom is -0.480 e. The summed E-state index contributed by atoms with van der Waals surface area (Å²) in [6.07, 6.45) is 1.78. The molecule has 30 heavy (non-hydrogen) atoms. The lowest BCUT2D eigenvalue weighted by molar-refractivity contribution is -0.161. The van der Waals surface area contributed by atoms with Crippen molar-refractivity contribution >= 4 is 53.1 Å². The molecule has 0 saturated carbocycles. The van der Waals surface area contributed by atoms with Crippen LogP contribution in [0.25, 0.3) is 0 Å². The minimum absolute atomic E-state index is 0.187. The van der Waals surface area contributed by atoms with E-state index in [-0.39, 0.29) is 29.1 Å². The predicted octanol–water partition coefficient (Wildman–Crippen LogP) is 0.782. The number of hydrogen-bond donors (Lipinski definition) is 2. The molecule has 0 radical (unpaired) electrons. The molecular formula is C19H22N2O7S2. The van der Waals surface area contributed by atoms with Crippen molar-refractivity contribution in [3.05, 3.63) is 11.6 Å². The van der Waals surface area contributed by atoms with Gasteiger partial charge in [0, 0.05) is 10.3 Å². The average molecular weight is 455 g/mol. The van der Waals surface area contributed by atoms with Crippen LogP contribution in [0.5, 0.6) is 0 Å². The lowest BCUT2D eigenvalue weighted by Crippen LogP contribution is -2.63. The number of amides is 2. The van der Waals surface area contributed by atoms with Crippen LogP contribution in [0.4, 0.5) is 0 Å². The van der Waals surface area contributed by atoms with Gasteiger partial charge in [-0.1, -0.05) is 6.08 Å². The molecule has 0 spiro atoms. The molecule has 6 atom stereocenters. The lowest BCUT2D eigenvalue weighted by Gasteiger charge is -2.44. The van der Waals surface area contributed by atoms with Gasteiger partial charge in [-0.05, 0) is 27.7 Å². The third-order valence-electron chi connectivity index (χ3n) is 6.25. The molecule has 9 nitrogen and oxygen atoms in total. The maximum Gasteiger partial charge on any atom is 0.328 e. The summed E-state index contributed by atoms with van der Waals surface area (Å²) >= 11 is 2.64. The van der Waals surface area contributed by atoms with Gasteiger partial charge in [-0.15, -0.1) is 23.5 Å². The predicted molar refractivity (Wildman–Crippen MR) is 109 cm³/mol. The molecule has 2 amide bonds. The van der Waals surface area contributed by atoms with E-state index < -0.39 is 50.7 Å². The van der Waals surface area contributed by atoms with E-state index in [0.29, 0.717) is 0 Å². The fourth-order valence-corrected chi connectivity index (χ4v) is 8.35. The number of β-lactam (4-membered cyclic amide) rings is 2. The number of fused-ring (bicyclic) bond motifs is 2. The third kappa shape index (κ3) is 2.74. The topological polar surface area (TPSA) is 132 Å². The van der Waals surface area contributed by atoms with Crippen molar-refractivity contribution in [2.45, 2.75) is 66.4 Å². The Bertz CT molecular complexity index is 932. The van der Waals surface area contributed by atoms with Gasteiger partial charge >= 0.3 is 11.9 Å². The molecule has 4 fully saturated rings. The van der Waals surface area contributed by atoms with Crippen LogP contribution in [0.1, 0.15) is 34.1 Å². The molecule has 1 unspecified atom stereocenters. The number of rotatable bonds is 5. The number of carboxylic acids is 2. The summed E-state index contributed by atoms with van der Waals surface area (Å²) in [4.78, 5) is 63.7. The molecule has 4 saturated heterocycles. The maximum absolute atomic E-state index is 12.9. The van der Waals surface area contributed by atoms with E-state index in [0.717, 1.165) is 0 Å². The Morgan fingerprint density at radius 2 is 1.63 bits per heavy atom. The molecule has 4 heterocycles. The molecule has 4 aliphatic rings. The van der Waals surface area contributed by atoms with E-state index in [4.69, 9.17) is 0 Å². The number of hydrogen-bond acceptors (Lipinski definition) is 7. The molecule has 4 rings (SSSR count). The van der Waals surface area contributed by atoms with Crippen LogP contribution in [0.2, 0.25) is 0 Å². The van der Waals surface area contributed by atoms with Crippen molar-refractivity contribution in [3.8, 4) is 0 Å². The van der Waals surface area contributed by atoms with Gasteiger partial charge in [0.2, 0.25) is 11.8 Å². The Morgan fingerprint density at radius 3 is 2.13 bits per heavy atom. The number of aliphatic carboxylic acids is 2. The summed E-state index contributed by atoms with van der Waals surface area (Å²) in [5.74, 6) is -4.14. The van der Waals surface area contributed by atoms with Gasteiger partial charge in [0.25, 0.3) is 0 Å². The molecule has 0 aromatic carbocycles. The summed E-state index contributed by atoms with van der Waals surface area (Å²) < 4.78 is -1.80. The van der Waals surface area contributed by atoms with E-state index in [1.807, 2.05) is 0 Å². The first-order chi connectivity index (χ1) is 13.8. The van der Waals surface area contributed by atoms with Crippen LogP contribution in [-0.2, 0) is 24.0 Å². The van der Waals surface area contributed by atoms with Crippen LogP contribution in [0.15, 0.2) is 11.6 Å². The lowest BCUT2D eigenvalue weighted by atomic mass is 9.82. The Morgan fingerprint density at radius 1 is 1.03 bits per heavy atom. The van der Waals surface area contributed by atoms with E-state index in [9.17, 15) is 34.2 Å². The largest absolute Gasteiger partial charge is 0.480 e. The molecule has 0 aromatic heterocycles. The highest BCUT2D eigenvalue weighted by Crippen LogP contribution is 2.57. The molecule has 162 valence electrons. The Labute approximate surface area is 181 Å². The number of Topliss-reactive ketones (excluding diaryl/α,β-unsaturated/α-hetero) is 1. The molecule has 0 aromatic rings. The quantitative estimate of drug-likeness (QED) is 0.457. The van der Waals surface area contributed by atoms with E-state index >= 15 is 0 Å². The number of carbonyl (C=O) groups excluding carboxylic acids is 3. The van der Waals surface area contributed by atoms with Crippen molar-refractivity contribution in [3.63, 3.8) is 0 Å². The zero-order chi connectivity index (χ0) is 22.3. The maximum atomic E-state index is 12.9. The second-order valence-electron chi connectivity index (χ2n) is 8.73. The SMILES string of the molecule is CC(=O)C(=CC1(C)S[C@@H]2CC(=O)N2[C@H]1C(=O)O)[C@H]1C(=O)N2[C@@H]1SC(C)(C)[C@@H]2C(=O)O. The highest BCUT2D eigenvalue weighted by Gasteiger charge is 2.66. The monoisotopic (exact) mass is 454 g/mol. The molecule has 2 N–H and O–H groups in total. The van der Waals surface area contributed by atoms with Crippen molar-refractivity contribution in [2.75, 3.05) is 0 Å². The van der Waals surface area contributed by atoms with Gasteiger partial charge < -0.3 is 20.0 Å². The van der Waals surface area contributed by atoms with Gasteiger partial charge in [0.05, 0.1) is 27.8 Å². The first-order valence-corrected chi connectivity index (χ1v) is 11.2. The van der Waals surface area contributed by atoms with Crippen LogP contribution in [0, 0.1) is 5.92 Å². The highest BCUT2D eigenvalue weighted by atomic mass is 32.2. The van der Waals surface area contributed by atoms with Crippen molar-refractivity contribution in [1.29, 1.82) is 0 Å². The Balaban J connectivity index is 1.71. The van der Waals surface area contributed by atoms with E-state index in [1.165, 1.54) is 46.3 Å². The molecule has 0 aliphatic carbocycles. The van der Waals surface area contributed by atoms with Gasteiger partial charge in [0.15, 0.2) is 5.78 Å². The fourth-order valence-electron chi connectivity index (χ4n) is 4.94. The van der Waals surface area contributed by atoms with Crippen LogP contribution < -0.4 is 0 Å². The standard InChI is InChI=1S/C19H22N2O7S2/c1-7(22)8(6-19(4)13(17(27)28)20-9(23)5-10(20)29-19)11-14(24)21-12(16(25)26)18(2,3)30-15(11)21/h6,10-13,15H,5H2,1-4H3,(H,25,26)(H,27,28)/t10-,11+,12+,13+,15-,19?/m1/s1. The second-order valence-corrected chi connectivity index (χ2v) is 12.2. The van der Waals surface area contributed by atoms with Crippen molar-refractivity contribution in [1.82, 2.24) is 9.80 Å². The number of carboxylic acid groups (broad SMARTS) is 2. The fraction of sp³-hybridized carbons (Fsp3) is 0.632. The van der Waals surface area contributed by atoms with Crippen LogP contribution >= 0.6 is 23.5 Å². The molecule has 4 aliphatic heterocycles. The first kappa shape index (κ1) is 21.2. The first-order valence-electron chi connectivity index (χ1n) is 9.48. The average Bonchev–Trinajstić information content (AvgIpc) is 2.99. The number of ketones is 1. The zero-order valence-electron chi connectivity index (χ0n) is 16.8. The molecule has 11 heteroatoms. The summed E-state index contributed by atoms with van der Waals surface area (Å²) in [6.45, 7) is 6.49. The highest BCUT2D eigenvalue weighted by molar-refractivity contribution is 8.02. The zero-order valence-corrected chi connectivity index (χ0v) is 18.5. The summed E-state index contributed by atoms with van der Waals surface area (Å²) in [6, 6.07) is -2.12. The number of thioether (sulfide) groups is 2. The van der Waals surface area contributed by atoms with Gasteiger partial charge in [0.1, 0.15) is 12.1 Å². The van der Waals surface area contributed by atoms with E-state index in [2.05, 4.69) is 0 Å². The van der Waals surface area contributed by atoms with Gasteiger partial charge in [-0.25, -0.2) is 9.59 Å². The number of carbonyl (C=O) groups is 5. The summed E-state index contributed by atoms with van der Waals surface area (Å²) in [5, 5.41) is 18.6. The van der Waals surface area contributed by atoms with Crippen LogP contribution in [-0.4, -0.2) is 81.9 Å². The summed E-state index contributed by atoms with van der Waals surface area (Å²) in [5.41, 5.74) is 0.187. The third-order valence-corrected chi connectivity index (χ3v) is 9.34. The van der Waals surface area contributed by atoms with Gasteiger partial charge in [-0.2, -0.15) is 0 Å².